The maximum absolute atomic E-state index is 12.3. The molecule has 0 spiro atoms. The molecule has 5 aliphatic carbocycles. The van der Waals surface area contributed by atoms with Gasteiger partial charge in [-0.05, 0) is 128 Å². The van der Waals surface area contributed by atoms with Crippen LogP contribution in [-0.2, 0) is 20.4 Å². The number of hydrogen-bond donors (Lipinski definition) is 2. The van der Waals surface area contributed by atoms with Gasteiger partial charge < -0.3 is 10.2 Å². The van der Waals surface area contributed by atoms with E-state index in [0.717, 1.165) is 74.2 Å². The summed E-state index contributed by atoms with van der Waals surface area (Å²) in [7, 11) is 0.918. The molecule has 6 nitrogen and oxygen atoms in total. The van der Waals surface area contributed by atoms with E-state index in [1.54, 1.807) is 11.6 Å². The van der Waals surface area contributed by atoms with E-state index in [1.807, 2.05) is 6.92 Å². The van der Waals surface area contributed by atoms with Crippen molar-refractivity contribution in [2.75, 3.05) is 44.8 Å². The van der Waals surface area contributed by atoms with Crippen LogP contribution in [0.2, 0.25) is 0 Å². The fourth-order valence-electron chi connectivity index (χ4n) is 13.5. The van der Waals surface area contributed by atoms with Gasteiger partial charge in [0.2, 0.25) is 5.91 Å². The molecular formula is C43H75N3O3S. The molecule has 0 bridgehead atoms. The van der Waals surface area contributed by atoms with Crippen LogP contribution in [0, 0.1) is 50.7 Å². The number of nitrogens with zero attached hydrogens (tertiary/aromatic N) is 1. The van der Waals surface area contributed by atoms with Gasteiger partial charge in [0.25, 0.3) is 0 Å². The number of nitrogens with one attached hydrogen (secondary N) is 2. The standard InChI is InChI=1S/C40H69N3O3S.C3H6/c1-35(2,28-34(44)42-46-8)17-13-29-14-18-37(5)32(36(29,3)4)15-19-39(7)33(37)12-11-30-31-10-9-16-40(31,21-20-38(30,39)6)41-22-23-43-24-26-47(45)27-25-43;1-3-2/h14,30-33,41H,9-13,15-28H2,1-8H3,(H,42,44);3H,1H2,2H3/t30?,31-,32?,33?,37?,38-,39?,40?;/m1./s1. The molecule has 0 radical (unpaired) electrons. The van der Waals surface area contributed by atoms with Crippen molar-refractivity contribution in [1.29, 1.82) is 0 Å². The summed E-state index contributed by atoms with van der Waals surface area (Å²) in [5, 5.41) is 4.24. The van der Waals surface area contributed by atoms with E-state index < -0.39 is 10.8 Å². The molecule has 1 saturated heterocycles. The smallest absolute Gasteiger partial charge is 0.244 e. The minimum absolute atomic E-state index is 0.0249. The van der Waals surface area contributed by atoms with Crippen molar-refractivity contribution in [2.45, 2.75) is 144 Å². The lowest BCUT2D eigenvalue weighted by Crippen LogP contribution is -2.67. The zero-order valence-electron chi connectivity index (χ0n) is 33.7. The number of amides is 1. The van der Waals surface area contributed by atoms with Crippen molar-refractivity contribution in [3.05, 3.63) is 24.3 Å². The molecule has 0 aromatic rings. The molecule has 1 amide bonds. The Morgan fingerprint density at radius 2 is 1.70 bits per heavy atom. The first kappa shape index (κ1) is 40.2. The van der Waals surface area contributed by atoms with Crippen molar-refractivity contribution >= 4 is 16.7 Å². The quantitative estimate of drug-likeness (QED) is 0.175. The van der Waals surface area contributed by atoms with Crippen LogP contribution in [-0.4, -0.2) is 65.3 Å². The summed E-state index contributed by atoms with van der Waals surface area (Å²) in [6.07, 6.45) is 20.7. The molecule has 1 aliphatic heterocycles. The first-order chi connectivity index (χ1) is 23.5. The maximum Gasteiger partial charge on any atom is 0.244 e. The first-order valence-corrected chi connectivity index (χ1v) is 21.9. The summed E-state index contributed by atoms with van der Waals surface area (Å²) < 4.78 is 11.9. The number of hydroxylamine groups is 1. The van der Waals surface area contributed by atoms with Crippen LogP contribution in [0.25, 0.3) is 0 Å². The molecule has 286 valence electrons. The minimum Gasteiger partial charge on any atom is -0.310 e. The number of hydrogen-bond acceptors (Lipinski definition) is 5. The van der Waals surface area contributed by atoms with E-state index >= 15 is 0 Å². The topological polar surface area (TPSA) is 70.7 Å². The van der Waals surface area contributed by atoms with Gasteiger partial charge in [0, 0.05) is 60.4 Å². The third-order valence-corrected chi connectivity index (χ3v) is 17.5. The molecule has 5 fully saturated rings. The Hall–Kier alpha value is -1.02. The van der Waals surface area contributed by atoms with Crippen LogP contribution < -0.4 is 10.8 Å². The van der Waals surface area contributed by atoms with E-state index in [2.05, 4.69) is 76.8 Å². The minimum atomic E-state index is -0.594. The highest BCUT2D eigenvalue weighted by Crippen LogP contribution is 2.76. The number of carbonyl (C=O) groups excluding carboxylic acids is 1. The van der Waals surface area contributed by atoms with Crippen LogP contribution >= 0.6 is 0 Å². The van der Waals surface area contributed by atoms with E-state index in [9.17, 15) is 9.00 Å². The second-order valence-corrected chi connectivity index (χ2v) is 21.3. The molecule has 6 rings (SSSR count). The van der Waals surface area contributed by atoms with E-state index in [1.165, 1.54) is 71.3 Å². The van der Waals surface area contributed by atoms with Gasteiger partial charge in [-0.25, -0.2) is 5.48 Å². The third kappa shape index (κ3) is 7.38. The number of rotatable bonds is 10. The molecule has 6 unspecified atom stereocenters. The number of fused-ring (bicyclic) bond motifs is 7. The monoisotopic (exact) mass is 714 g/mol. The van der Waals surface area contributed by atoms with E-state index in [4.69, 9.17) is 4.84 Å². The summed E-state index contributed by atoms with van der Waals surface area (Å²) in [5.41, 5.74) is 5.81. The van der Waals surface area contributed by atoms with Crippen LogP contribution in [0.3, 0.4) is 0 Å². The normalized spacial score (nSPS) is 39.8. The Morgan fingerprint density at radius 1 is 1.00 bits per heavy atom. The lowest BCUT2D eigenvalue weighted by molar-refractivity contribution is -0.219. The van der Waals surface area contributed by atoms with Gasteiger partial charge in [-0.15, -0.1) is 6.58 Å². The Bertz CT molecular complexity index is 1270. The summed E-state index contributed by atoms with van der Waals surface area (Å²) in [6, 6.07) is 0. The summed E-state index contributed by atoms with van der Waals surface area (Å²) in [6.45, 7) is 27.3. The molecule has 50 heavy (non-hydrogen) atoms. The summed E-state index contributed by atoms with van der Waals surface area (Å²) in [5.74, 6) is 4.85. The highest BCUT2D eigenvalue weighted by atomic mass is 32.2. The van der Waals surface area contributed by atoms with Crippen LogP contribution in [0.4, 0.5) is 0 Å². The van der Waals surface area contributed by atoms with Crippen molar-refractivity contribution in [2.24, 2.45) is 50.7 Å². The zero-order chi connectivity index (χ0) is 36.6. The summed E-state index contributed by atoms with van der Waals surface area (Å²) in [4.78, 5) is 19.7. The molecule has 6 aliphatic rings. The first-order valence-electron chi connectivity index (χ1n) is 20.4. The van der Waals surface area contributed by atoms with Gasteiger partial charge in [-0.3, -0.25) is 13.8 Å². The van der Waals surface area contributed by atoms with Crippen molar-refractivity contribution in [1.82, 2.24) is 15.7 Å². The van der Waals surface area contributed by atoms with Gasteiger partial charge in [0.1, 0.15) is 0 Å². The maximum atomic E-state index is 12.3. The Balaban J connectivity index is 0.00000156. The molecule has 4 saturated carbocycles. The third-order valence-electron chi connectivity index (χ3n) is 16.2. The fraction of sp³-hybridized carbons (Fsp3) is 0.884. The van der Waals surface area contributed by atoms with E-state index in [0.29, 0.717) is 28.2 Å². The van der Waals surface area contributed by atoms with Crippen LogP contribution in [0.15, 0.2) is 24.3 Å². The average molecular weight is 714 g/mol. The van der Waals surface area contributed by atoms with Gasteiger partial charge in [0.05, 0.1) is 7.11 Å². The SMILES string of the molecule is C=CC.CONC(=O)CC(C)(C)CCC1=CCC2(C)C(CCC3(C)C2CCC2[C@H]4CCCC4(NCCN4CCS(=O)CC4)CC[C@]23C)C1(C)C. The molecule has 8 atom stereocenters. The van der Waals surface area contributed by atoms with Crippen molar-refractivity contribution < 1.29 is 13.8 Å². The molecular weight excluding hydrogens is 639 g/mol. The van der Waals surface area contributed by atoms with E-state index in [-0.39, 0.29) is 16.7 Å². The predicted octanol–water partition coefficient (Wildman–Crippen LogP) is 8.85. The zero-order valence-corrected chi connectivity index (χ0v) is 34.5. The highest BCUT2D eigenvalue weighted by molar-refractivity contribution is 7.85. The van der Waals surface area contributed by atoms with Gasteiger partial charge >= 0.3 is 0 Å². The number of allylic oxidation sites excluding steroid dienone is 3. The summed E-state index contributed by atoms with van der Waals surface area (Å²) >= 11 is 0. The molecule has 1 heterocycles. The Kier molecular flexibility index (Phi) is 12.4. The lowest BCUT2D eigenvalue weighted by atomic mass is 9.33. The van der Waals surface area contributed by atoms with Gasteiger partial charge in [-0.2, -0.15) is 0 Å². The molecule has 0 aromatic carbocycles. The largest absolute Gasteiger partial charge is 0.310 e. The van der Waals surface area contributed by atoms with Crippen LogP contribution in [0.5, 0.6) is 0 Å². The second-order valence-electron chi connectivity index (χ2n) is 19.6. The predicted molar refractivity (Wildman–Crippen MR) is 210 cm³/mol. The fourth-order valence-corrected chi connectivity index (χ4v) is 14.6. The number of carbonyl (C=O) groups is 1. The lowest BCUT2D eigenvalue weighted by Gasteiger charge is -2.72. The van der Waals surface area contributed by atoms with Crippen molar-refractivity contribution in [3.63, 3.8) is 0 Å². The highest BCUT2D eigenvalue weighted by Gasteiger charge is 2.69. The molecule has 7 heteroatoms. The van der Waals surface area contributed by atoms with Gasteiger partial charge in [-0.1, -0.05) is 72.6 Å². The van der Waals surface area contributed by atoms with Gasteiger partial charge in [0.15, 0.2) is 0 Å². The molecule has 2 N–H and O–H groups in total. The Morgan fingerprint density at radius 3 is 2.38 bits per heavy atom. The molecule has 0 aromatic heterocycles. The van der Waals surface area contributed by atoms with Crippen LogP contribution in [0.1, 0.15) is 139 Å². The average Bonchev–Trinajstić information content (AvgIpc) is 3.46. The van der Waals surface area contributed by atoms with Crippen molar-refractivity contribution in [3.8, 4) is 0 Å². The Labute approximate surface area is 309 Å². The second kappa shape index (κ2) is 15.4.